The second-order valence-electron chi connectivity index (χ2n) is 6.77. The predicted molar refractivity (Wildman–Crippen MR) is 107 cm³/mol. The van der Waals surface area contributed by atoms with Crippen LogP contribution in [0.2, 0.25) is 5.02 Å². The van der Waals surface area contributed by atoms with Gasteiger partial charge in [0.15, 0.2) is 17.0 Å². The Kier molecular flexibility index (Phi) is 5.73. The Labute approximate surface area is 182 Å². The molecule has 11 heteroatoms. The summed E-state index contributed by atoms with van der Waals surface area (Å²) in [4.78, 5) is 16.7. The summed E-state index contributed by atoms with van der Waals surface area (Å²) in [5, 5.41) is 6.18. The summed E-state index contributed by atoms with van der Waals surface area (Å²) in [5.74, 6) is -0.681. The molecule has 1 fully saturated rings. The lowest BCUT2D eigenvalue weighted by Crippen LogP contribution is -2.32. The van der Waals surface area contributed by atoms with Crippen LogP contribution < -0.4 is 5.32 Å². The van der Waals surface area contributed by atoms with E-state index >= 15 is 0 Å². The van der Waals surface area contributed by atoms with Gasteiger partial charge in [-0.1, -0.05) is 39.7 Å². The van der Waals surface area contributed by atoms with Gasteiger partial charge in [0.05, 0.1) is 11.8 Å². The monoisotopic (exact) mass is 502 g/mol. The van der Waals surface area contributed by atoms with Crippen LogP contribution in [0.25, 0.3) is 16.9 Å². The van der Waals surface area contributed by atoms with Crippen LogP contribution in [0.1, 0.15) is 29.0 Å². The zero-order valence-corrected chi connectivity index (χ0v) is 17.7. The van der Waals surface area contributed by atoms with Crippen molar-refractivity contribution < 1.29 is 22.7 Å². The molecule has 0 bridgehead atoms. The lowest BCUT2D eigenvalue weighted by molar-refractivity contribution is -0.142. The summed E-state index contributed by atoms with van der Waals surface area (Å²) in [6, 6.07) is 7.52. The molecule has 0 unspecified atom stereocenters. The highest BCUT2D eigenvalue weighted by Gasteiger charge is 2.36. The van der Waals surface area contributed by atoms with Crippen LogP contribution in [-0.2, 0) is 10.9 Å². The van der Waals surface area contributed by atoms with Crippen molar-refractivity contribution in [3.05, 3.63) is 51.2 Å². The van der Waals surface area contributed by atoms with E-state index in [0.717, 1.165) is 23.4 Å². The maximum absolute atomic E-state index is 13.7. The molecule has 1 saturated heterocycles. The fraction of sp³-hybridized carbons (Fsp3) is 0.316. The number of hydrogen-bond acceptors (Lipinski definition) is 4. The van der Waals surface area contributed by atoms with Crippen molar-refractivity contribution in [2.45, 2.75) is 25.1 Å². The van der Waals surface area contributed by atoms with Gasteiger partial charge in [-0.2, -0.15) is 18.3 Å². The van der Waals surface area contributed by atoms with E-state index in [2.05, 4.69) is 31.3 Å². The quantitative estimate of drug-likeness (QED) is 0.558. The first-order valence-electron chi connectivity index (χ1n) is 9.06. The Morgan fingerprint density at radius 2 is 2.07 bits per heavy atom. The summed E-state index contributed by atoms with van der Waals surface area (Å²) in [6.45, 7) is 0.847. The molecule has 1 aliphatic heterocycles. The third-order valence-electron chi connectivity index (χ3n) is 4.69. The van der Waals surface area contributed by atoms with Gasteiger partial charge >= 0.3 is 6.18 Å². The maximum Gasteiger partial charge on any atom is 0.433 e. The van der Waals surface area contributed by atoms with Gasteiger partial charge in [-0.15, -0.1) is 0 Å². The van der Waals surface area contributed by atoms with Crippen LogP contribution in [-0.4, -0.2) is 39.8 Å². The van der Waals surface area contributed by atoms with Gasteiger partial charge in [0, 0.05) is 23.2 Å². The van der Waals surface area contributed by atoms with Crippen LogP contribution in [0, 0.1) is 0 Å². The molecule has 2 aromatic heterocycles. The van der Waals surface area contributed by atoms with Gasteiger partial charge in [0.1, 0.15) is 5.02 Å². The second-order valence-corrected chi connectivity index (χ2v) is 8.07. The molecule has 1 amide bonds. The smallest absolute Gasteiger partial charge is 0.376 e. The minimum absolute atomic E-state index is 0.0652. The standard InChI is InChI=1S/C19H15BrClF3N4O2/c20-11-5-3-10(4-6-11)13-8-14(19(22,23)24)28-17(26-13)15(21)16(27-28)18(29)25-9-12-2-1-7-30-12/h3-6,8,12H,1-2,7,9H2,(H,25,29)/t12-/m1/s1. The fourth-order valence-corrected chi connectivity index (χ4v) is 3.71. The van der Waals surface area contributed by atoms with Gasteiger partial charge in [-0.05, 0) is 31.0 Å². The van der Waals surface area contributed by atoms with Gasteiger partial charge in [0.2, 0.25) is 0 Å². The molecule has 0 aliphatic carbocycles. The highest BCUT2D eigenvalue weighted by molar-refractivity contribution is 9.10. The van der Waals surface area contributed by atoms with E-state index in [1.807, 2.05) is 0 Å². The third kappa shape index (κ3) is 4.17. The number of benzene rings is 1. The first-order valence-corrected chi connectivity index (χ1v) is 10.2. The number of nitrogens with one attached hydrogen (secondary N) is 1. The summed E-state index contributed by atoms with van der Waals surface area (Å²) < 4.78 is 47.9. The molecule has 3 aromatic rings. The van der Waals surface area contributed by atoms with Crippen molar-refractivity contribution in [2.24, 2.45) is 0 Å². The summed E-state index contributed by atoms with van der Waals surface area (Å²) in [6.07, 6.45) is -3.16. The molecule has 158 valence electrons. The molecule has 6 nitrogen and oxygen atoms in total. The second kappa shape index (κ2) is 8.16. The zero-order chi connectivity index (χ0) is 21.5. The molecule has 1 N–H and O–H groups in total. The van der Waals surface area contributed by atoms with Crippen molar-refractivity contribution in [3.63, 3.8) is 0 Å². The number of halogens is 5. The molecule has 0 spiro atoms. The highest BCUT2D eigenvalue weighted by Crippen LogP contribution is 2.34. The number of alkyl halides is 3. The number of nitrogens with zero attached hydrogens (tertiary/aromatic N) is 3. The Hall–Kier alpha value is -2.17. The molecule has 0 radical (unpaired) electrons. The number of hydrogen-bond donors (Lipinski definition) is 1. The molecule has 1 atom stereocenters. The minimum atomic E-state index is -4.73. The molecule has 3 heterocycles. The van der Waals surface area contributed by atoms with Gasteiger partial charge in [-0.25, -0.2) is 9.50 Å². The maximum atomic E-state index is 13.7. The normalized spacial score (nSPS) is 16.9. The van der Waals surface area contributed by atoms with Crippen molar-refractivity contribution in [3.8, 4) is 11.3 Å². The average Bonchev–Trinajstić information content (AvgIpc) is 3.33. The summed E-state index contributed by atoms with van der Waals surface area (Å²) in [7, 11) is 0. The first kappa shape index (κ1) is 21.1. The topological polar surface area (TPSA) is 68.5 Å². The Bertz CT molecular complexity index is 1100. The highest BCUT2D eigenvalue weighted by atomic mass is 79.9. The van der Waals surface area contributed by atoms with E-state index in [4.69, 9.17) is 16.3 Å². The van der Waals surface area contributed by atoms with Crippen molar-refractivity contribution in [1.29, 1.82) is 0 Å². The Balaban J connectivity index is 1.76. The largest absolute Gasteiger partial charge is 0.433 e. The third-order valence-corrected chi connectivity index (χ3v) is 5.57. The SMILES string of the molecule is O=C(NC[C@H]1CCCO1)c1nn2c(C(F)(F)F)cc(-c3ccc(Br)cc3)nc2c1Cl. The van der Waals surface area contributed by atoms with Crippen molar-refractivity contribution >= 4 is 39.1 Å². The van der Waals surface area contributed by atoms with Crippen LogP contribution in [0.15, 0.2) is 34.8 Å². The van der Waals surface area contributed by atoms with Gasteiger partial charge in [-0.3, -0.25) is 4.79 Å². The average molecular weight is 504 g/mol. The van der Waals surface area contributed by atoms with Crippen LogP contribution >= 0.6 is 27.5 Å². The lowest BCUT2D eigenvalue weighted by atomic mass is 10.1. The summed E-state index contributed by atoms with van der Waals surface area (Å²) >= 11 is 9.53. The minimum Gasteiger partial charge on any atom is -0.376 e. The molecule has 1 aromatic carbocycles. The summed E-state index contributed by atoms with van der Waals surface area (Å²) in [5.41, 5.74) is -1.11. The Morgan fingerprint density at radius 3 is 2.70 bits per heavy atom. The molecular weight excluding hydrogens is 489 g/mol. The van der Waals surface area contributed by atoms with Crippen LogP contribution in [0.5, 0.6) is 0 Å². The van der Waals surface area contributed by atoms with E-state index in [-0.39, 0.29) is 34.7 Å². The Morgan fingerprint density at radius 1 is 1.33 bits per heavy atom. The number of carbonyl (C=O) groups excluding carboxylic acids is 1. The van der Waals surface area contributed by atoms with E-state index in [9.17, 15) is 18.0 Å². The molecule has 30 heavy (non-hydrogen) atoms. The van der Waals surface area contributed by atoms with Crippen molar-refractivity contribution in [1.82, 2.24) is 19.9 Å². The molecule has 1 aliphatic rings. The number of ether oxygens (including phenoxy) is 1. The number of rotatable bonds is 4. The first-order chi connectivity index (χ1) is 14.2. The van der Waals surface area contributed by atoms with Gasteiger partial charge < -0.3 is 10.1 Å². The number of fused-ring (bicyclic) bond motifs is 1. The van der Waals surface area contributed by atoms with Crippen LogP contribution in [0.4, 0.5) is 13.2 Å². The zero-order valence-electron chi connectivity index (χ0n) is 15.3. The van der Waals surface area contributed by atoms with E-state index in [0.29, 0.717) is 16.7 Å². The van der Waals surface area contributed by atoms with E-state index in [1.54, 1.807) is 24.3 Å². The van der Waals surface area contributed by atoms with Gasteiger partial charge in [0.25, 0.3) is 5.91 Å². The predicted octanol–water partition coefficient (Wildman–Crippen LogP) is 4.74. The lowest BCUT2D eigenvalue weighted by Gasteiger charge is -2.11. The van der Waals surface area contributed by atoms with E-state index < -0.39 is 17.8 Å². The van der Waals surface area contributed by atoms with E-state index in [1.165, 1.54) is 0 Å². The van der Waals surface area contributed by atoms with Crippen molar-refractivity contribution in [2.75, 3.05) is 13.2 Å². The number of aromatic nitrogens is 3. The fourth-order valence-electron chi connectivity index (χ4n) is 3.20. The molecule has 0 saturated carbocycles. The number of amides is 1. The molecule has 4 rings (SSSR count). The number of carbonyl (C=O) groups is 1. The molecular formula is C19H15BrClF3N4O2. The van der Waals surface area contributed by atoms with Crippen LogP contribution in [0.3, 0.4) is 0 Å².